The van der Waals surface area contributed by atoms with E-state index in [9.17, 15) is 10.2 Å². The minimum absolute atomic E-state index is 0.0312. The number of ether oxygens (including phenoxy) is 1. The van der Waals surface area contributed by atoms with E-state index in [4.69, 9.17) is 4.74 Å². The molecule has 0 amide bonds. The second kappa shape index (κ2) is 7.02. The highest BCUT2D eigenvalue weighted by Gasteiger charge is 2.31. The summed E-state index contributed by atoms with van der Waals surface area (Å²) < 4.78 is 5.51. The molecule has 5 nitrogen and oxygen atoms in total. The summed E-state index contributed by atoms with van der Waals surface area (Å²) in [7, 11) is 1.61. The smallest absolute Gasteiger partial charge is 0.127 e. The summed E-state index contributed by atoms with van der Waals surface area (Å²) in [6.07, 6.45) is 2.65. The number of benzene rings is 2. The van der Waals surface area contributed by atoms with Gasteiger partial charge in [-0.3, -0.25) is 0 Å². The van der Waals surface area contributed by atoms with Crippen molar-refractivity contribution in [2.45, 2.75) is 37.8 Å². The van der Waals surface area contributed by atoms with Gasteiger partial charge in [-0.1, -0.05) is 32.1 Å². The van der Waals surface area contributed by atoms with Crippen molar-refractivity contribution < 1.29 is 14.9 Å². The molecule has 0 aromatic heterocycles. The average Bonchev–Trinajstić information content (AvgIpc) is 3.11. The van der Waals surface area contributed by atoms with Gasteiger partial charge in [0.25, 0.3) is 0 Å². The van der Waals surface area contributed by atoms with Crippen LogP contribution in [0, 0.1) is 0 Å². The molecule has 0 spiro atoms. The molecule has 2 aromatic rings. The predicted octanol–water partition coefficient (Wildman–Crippen LogP) is 3.85. The molecular formula is C21H26N2O3. The van der Waals surface area contributed by atoms with Crippen molar-refractivity contribution in [3.63, 3.8) is 0 Å². The normalized spacial score (nSPS) is 20.1. The third-order valence-corrected chi connectivity index (χ3v) is 5.13. The average molecular weight is 354 g/mol. The Hall–Kier alpha value is -2.50. The van der Waals surface area contributed by atoms with E-state index in [-0.39, 0.29) is 29.0 Å². The van der Waals surface area contributed by atoms with E-state index >= 15 is 0 Å². The molecule has 1 aliphatic heterocycles. The van der Waals surface area contributed by atoms with Crippen molar-refractivity contribution in [3.8, 4) is 17.2 Å². The number of nitrogens with one attached hydrogen (secondary N) is 2. The minimum Gasteiger partial charge on any atom is -0.508 e. The molecular weight excluding hydrogens is 328 g/mol. The molecule has 0 bridgehead atoms. The molecule has 26 heavy (non-hydrogen) atoms. The fourth-order valence-corrected chi connectivity index (χ4v) is 3.35. The van der Waals surface area contributed by atoms with E-state index in [0.717, 1.165) is 23.1 Å². The molecule has 2 unspecified atom stereocenters. The first-order valence-corrected chi connectivity index (χ1v) is 8.70. The summed E-state index contributed by atoms with van der Waals surface area (Å²) in [5.74, 6) is 1.11. The van der Waals surface area contributed by atoms with Crippen molar-refractivity contribution >= 4 is 0 Å². The van der Waals surface area contributed by atoms with Gasteiger partial charge in [-0.2, -0.15) is 0 Å². The maximum absolute atomic E-state index is 10.4. The fourth-order valence-electron chi connectivity index (χ4n) is 3.35. The molecule has 1 aliphatic rings. The van der Waals surface area contributed by atoms with Crippen LogP contribution in [0.25, 0.3) is 0 Å². The van der Waals surface area contributed by atoms with Gasteiger partial charge in [0.15, 0.2) is 0 Å². The SMILES string of the molecule is C=CC(C)(C)c1cc(C2CC(c3ccc(O)cc3)NN2)c(OC)cc1O. The van der Waals surface area contributed by atoms with E-state index in [1.54, 1.807) is 25.3 Å². The topological polar surface area (TPSA) is 73.8 Å². The molecule has 1 fully saturated rings. The van der Waals surface area contributed by atoms with E-state index < -0.39 is 0 Å². The predicted molar refractivity (Wildman–Crippen MR) is 102 cm³/mol. The van der Waals surface area contributed by atoms with Crippen LogP contribution < -0.4 is 15.6 Å². The van der Waals surface area contributed by atoms with Crippen molar-refractivity contribution in [2.24, 2.45) is 0 Å². The lowest BCUT2D eigenvalue weighted by Gasteiger charge is -2.25. The lowest BCUT2D eigenvalue weighted by Crippen LogP contribution is -2.27. The monoisotopic (exact) mass is 354 g/mol. The molecule has 0 saturated carbocycles. The van der Waals surface area contributed by atoms with Crippen molar-refractivity contribution in [3.05, 3.63) is 65.7 Å². The van der Waals surface area contributed by atoms with Gasteiger partial charge in [0.2, 0.25) is 0 Å². The summed E-state index contributed by atoms with van der Waals surface area (Å²) in [4.78, 5) is 0. The number of rotatable bonds is 5. The van der Waals surface area contributed by atoms with Gasteiger partial charge in [-0.25, -0.2) is 10.9 Å². The van der Waals surface area contributed by atoms with Crippen LogP contribution >= 0.6 is 0 Å². The number of hydrogen-bond donors (Lipinski definition) is 4. The van der Waals surface area contributed by atoms with E-state index in [1.807, 2.05) is 38.1 Å². The highest BCUT2D eigenvalue weighted by Crippen LogP contribution is 2.42. The van der Waals surface area contributed by atoms with E-state index in [2.05, 4.69) is 17.4 Å². The third-order valence-electron chi connectivity index (χ3n) is 5.13. The first kappa shape index (κ1) is 18.3. The Morgan fingerprint density at radius 2 is 1.77 bits per heavy atom. The molecule has 2 atom stereocenters. The molecule has 0 radical (unpaired) electrons. The van der Waals surface area contributed by atoms with E-state index in [0.29, 0.717) is 5.75 Å². The van der Waals surface area contributed by atoms with Crippen LogP contribution in [0.5, 0.6) is 17.2 Å². The van der Waals surface area contributed by atoms with Crippen LogP contribution in [-0.4, -0.2) is 17.3 Å². The zero-order valence-electron chi connectivity index (χ0n) is 15.4. The molecule has 4 N–H and O–H groups in total. The summed E-state index contributed by atoms with van der Waals surface area (Å²) in [6, 6.07) is 11.0. The molecule has 0 aliphatic carbocycles. The summed E-state index contributed by atoms with van der Waals surface area (Å²) in [5, 5.41) is 19.9. The van der Waals surface area contributed by atoms with Gasteiger partial charge in [0, 0.05) is 28.7 Å². The van der Waals surface area contributed by atoms with Crippen molar-refractivity contribution in [2.75, 3.05) is 7.11 Å². The second-order valence-electron chi connectivity index (χ2n) is 7.26. The van der Waals surface area contributed by atoms with Gasteiger partial charge in [-0.15, -0.1) is 6.58 Å². The minimum atomic E-state index is -0.354. The zero-order valence-corrected chi connectivity index (χ0v) is 15.4. The maximum atomic E-state index is 10.4. The van der Waals surface area contributed by atoms with Gasteiger partial charge in [-0.05, 0) is 30.2 Å². The number of phenolic OH excluding ortho intramolecular Hbond substituents is 2. The first-order valence-electron chi connectivity index (χ1n) is 8.70. The summed E-state index contributed by atoms with van der Waals surface area (Å²) in [6.45, 7) is 7.93. The molecule has 3 rings (SSSR count). The Kier molecular flexibility index (Phi) is 4.94. The van der Waals surface area contributed by atoms with Crippen LogP contribution in [-0.2, 0) is 5.41 Å². The van der Waals surface area contributed by atoms with Crippen LogP contribution in [0.15, 0.2) is 49.1 Å². The van der Waals surface area contributed by atoms with Crippen LogP contribution in [0.2, 0.25) is 0 Å². The Morgan fingerprint density at radius 1 is 1.12 bits per heavy atom. The van der Waals surface area contributed by atoms with Gasteiger partial charge >= 0.3 is 0 Å². The first-order chi connectivity index (χ1) is 12.4. The number of hydrogen-bond acceptors (Lipinski definition) is 5. The lowest BCUT2D eigenvalue weighted by atomic mass is 9.82. The number of hydrazine groups is 1. The second-order valence-corrected chi connectivity index (χ2v) is 7.26. The standard InChI is InChI=1S/C21H26N2O3/c1-5-21(2,3)16-10-15(20(26-4)12-19(16)25)18-11-17(22-23-18)13-6-8-14(24)9-7-13/h5-10,12,17-18,22-25H,1,11H2,2-4H3. The third kappa shape index (κ3) is 3.41. The van der Waals surface area contributed by atoms with Gasteiger partial charge < -0.3 is 14.9 Å². The summed E-state index contributed by atoms with van der Waals surface area (Å²) >= 11 is 0. The van der Waals surface area contributed by atoms with Crippen LogP contribution in [0.1, 0.15) is 49.0 Å². The zero-order chi connectivity index (χ0) is 18.9. The molecule has 2 aromatic carbocycles. The quantitative estimate of drug-likeness (QED) is 0.614. The number of aromatic hydroxyl groups is 2. The Morgan fingerprint density at radius 3 is 2.38 bits per heavy atom. The Labute approximate surface area is 154 Å². The van der Waals surface area contributed by atoms with E-state index in [1.165, 1.54) is 0 Å². The summed E-state index contributed by atoms with van der Waals surface area (Å²) in [5.41, 5.74) is 9.19. The van der Waals surface area contributed by atoms with Gasteiger partial charge in [0.05, 0.1) is 13.2 Å². The molecule has 1 heterocycles. The maximum Gasteiger partial charge on any atom is 0.127 e. The van der Waals surface area contributed by atoms with Gasteiger partial charge in [0.1, 0.15) is 17.2 Å². The fraction of sp³-hybridized carbons (Fsp3) is 0.333. The van der Waals surface area contributed by atoms with Crippen LogP contribution in [0.4, 0.5) is 0 Å². The Balaban J connectivity index is 1.92. The highest BCUT2D eigenvalue weighted by atomic mass is 16.5. The Bertz CT molecular complexity index is 800. The highest BCUT2D eigenvalue weighted by molar-refractivity contribution is 5.51. The molecule has 138 valence electrons. The molecule has 1 saturated heterocycles. The number of methoxy groups -OCH3 is 1. The van der Waals surface area contributed by atoms with Crippen molar-refractivity contribution in [1.82, 2.24) is 10.9 Å². The van der Waals surface area contributed by atoms with Crippen LogP contribution in [0.3, 0.4) is 0 Å². The van der Waals surface area contributed by atoms with Crippen molar-refractivity contribution in [1.29, 1.82) is 0 Å². The number of allylic oxidation sites excluding steroid dienone is 1. The lowest BCUT2D eigenvalue weighted by molar-refractivity contribution is 0.392. The number of phenols is 2. The largest absolute Gasteiger partial charge is 0.508 e. The molecule has 5 heteroatoms.